The van der Waals surface area contributed by atoms with Gasteiger partial charge in [-0.25, -0.2) is 0 Å². The average Bonchev–Trinajstić information content (AvgIpc) is 3.41. The number of ether oxygens (including phenoxy) is 4. The molecule has 0 saturated carbocycles. The Labute approximate surface area is 273 Å². The van der Waals surface area contributed by atoms with Gasteiger partial charge in [0.1, 0.15) is 17.2 Å². The molecule has 4 aromatic rings. The standard InChI is InChI=1S/C37H48N4O5/c1-39(2)24-25-41-33-11-7-6-10-32(33)35(36(41)37(42)38-20-23-40-21-8-5-9-22-40)34(28-12-16-30(17-13-28)45-26-43-3)29-14-18-31(19-15-29)46-27-44-4/h6-7,10-19,34H,5,8-9,20-27H2,1-4H3,(H,38,42). The fourth-order valence-corrected chi connectivity index (χ4v) is 6.29. The Kier molecular flexibility index (Phi) is 12.1. The number of carbonyl (C=O) groups excluding carboxylic acids is 1. The van der Waals surface area contributed by atoms with Crippen LogP contribution in [-0.2, 0) is 16.0 Å². The van der Waals surface area contributed by atoms with E-state index in [9.17, 15) is 4.79 Å². The van der Waals surface area contributed by atoms with Crippen molar-refractivity contribution in [2.45, 2.75) is 31.7 Å². The van der Waals surface area contributed by atoms with Crippen LogP contribution in [0.15, 0.2) is 72.8 Å². The Bertz CT molecular complexity index is 1480. The lowest BCUT2D eigenvalue weighted by Gasteiger charge is -2.26. The van der Waals surface area contributed by atoms with Crippen molar-refractivity contribution in [2.24, 2.45) is 0 Å². The molecule has 0 bridgehead atoms. The van der Waals surface area contributed by atoms with E-state index in [0.29, 0.717) is 18.8 Å². The highest BCUT2D eigenvalue weighted by Crippen LogP contribution is 2.41. The number of benzene rings is 3. The molecule has 1 amide bonds. The number of hydrogen-bond donors (Lipinski definition) is 1. The minimum atomic E-state index is -0.235. The number of amides is 1. The average molecular weight is 629 g/mol. The highest BCUT2D eigenvalue weighted by molar-refractivity contribution is 6.03. The zero-order chi connectivity index (χ0) is 32.3. The summed E-state index contributed by atoms with van der Waals surface area (Å²) >= 11 is 0. The van der Waals surface area contributed by atoms with Crippen LogP contribution in [0.2, 0.25) is 0 Å². The lowest BCUT2D eigenvalue weighted by atomic mass is 9.83. The van der Waals surface area contributed by atoms with Crippen molar-refractivity contribution in [1.82, 2.24) is 19.7 Å². The first-order valence-electron chi connectivity index (χ1n) is 16.2. The summed E-state index contributed by atoms with van der Waals surface area (Å²) < 4.78 is 23.8. The van der Waals surface area contributed by atoms with Gasteiger partial charge in [0, 0.05) is 62.8 Å². The van der Waals surface area contributed by atoms with E-state index in [-0.39, 0.29) is 25.4 Å². The molecule has 1 aromatic heterocycles. The molecule has 0 aliphatic carbocycles. The van der Waals surface area contributed by atoms with Crippen molar-refractivity contribution in [1.29, 1.82) is 0 Å². The van der Waals surface area contributed by atoms with E-state index in [1.165, 1.54) is 19.3 Å². The zero-order valence-corrected chi connectivity index (χ0v) is 27.7. The van der Waals surface area contributed by atoms with E-state index in [1.807, 2.05) is 24.3 Å². The number of nitrogens with one attached hydrogen (secondary N) is 1. The smallest absolute Gasteiger partial charge is 0.268 e. The maximum atomic E-state index is 14.4. The molecule has 46 heavy (non-hydrogen) atoms. The van der Waals surface area contributed by atoms with Crippen molar-refractivity contribution < 1.29 is 23.7 Å². The zero-order valence-electron chi connectivity index (χ0n) is 27.7. The van der Waals surface area contributed by atoms with Gasteiger partial charge < -0.3 is 38.6 Å². The summed E-state index contributed by atoms with van der Waals surface area (Å²) in [6, 6.07) is 24.5. The van der Waals surface area contributed by atoms with Gasteiger partial charge in [-0.2, -0.15) is 0 Å². The first kappa shape index (κ1) is 33.5. The van der Waals surface area contributed by atoms with Gasteiger partial charge in [-0.15, -0.1) is 0 Å². The number of fused-ring (bicyclic) bond motifs is 1. The number of nitrogens with zero attached hydrogens (tertiary/aromatic N) is 3. The first-order valence-corrected chi connectivity index (χ1v) is 16.2. The molecule has 0 spiro atoms. The number of piperidine rings is 1. The van der Waals surface area contributed by atoms with Crippen molar-refractivity contribution in [3.63, 3.8) is 0 Å². The van der Waals surface area contributed by atoms with Crippen LogP contribution in [0.3, 0.4) is 0 Å². The largest absolute Gasteiger partial charge is 0.468 e. The Morgan fingerprint density at radius 1 is 0.804 bits per heavy atom. The second-order valence-electron chi connectivity index (χ2n) is 12.1. The summed E-state index contributed by atoms with van der Waals surface area (Å²) in [4.78, 5) is 19.0. The lowest BCUT2D eigenvalue weighted by molar-refractivity contribution is 0.0509. The highest BCUT2D eigenvalue weighted by Gasteiger charge is 2.30. The number of aromatic nitrogens is 1. The normalized spacial score (nSPS) is 13.9. The van der Waals surface area contributed by atoms with Gasteiger partial charge in [0.05, 0.1) is 0 Å². The van der Waals surface area contributed by atoms with E-state index >= 15 is 0 Å². The van der Waals surface area contributed by atoms with Crippen LogP contribution in [0.4, 0.5) is 0 Å². The predicted octanol–water partition coefficient (Wildman–Crippen LogP) is 5.56. The second kappa shape index (κ2) is 16.6. The van der Waals surface area contributed by atoms with Gasteiger partial charge in [0.15, 0.2) is 13.6 Å². The Morgan fingerprint density at radius 2 is 1.39 bits per heavy atom. The molecule has 0 unspecified atom stereocenters. The van der Waals surface area contributed by atoms with Gasteiger partial charge in [-0.3, -0.25) is 4.79 Å². The molecule has 0 radical (unpaired) electrons. The molecule has 1 aliphatic heterocycles. The van der Waals surface area contributed by atoms with Crippen molar-refractivity contribution in [2.75, 3.05) is 74.6 Å². The number of rotatable bonds is 16. The van der Waals surface area contributed by atoms with Crippen molar-refractivity contribution in [3.05, 3.63) is 95.2 Å². The van der Waals surface area contributed by atoms with Crippen LogP contribution in [0.1, 0.15) is 52.4 Å². The lowest BCUT2D eigenvalue weighted by Crippen LogP contribution is -2.38. The van der Waals surface area contributed by atoms with Crippen LogP contribution in [-0.4, -0.2) is 94.9 Å². The minimum absolute atomic E-state index is 0.0490. The Balaban J connectivity index is 1.62. The molecule has 9 nitrogen and oxygen atoms in total. The maximum absolute atomic E-state index is 14.4. The number of likely N-dealkylation sites (N-methyl/N-ethyl adjacent to an activating group) is 1. The van der Waals surface area contributed by atoms with E-state index < -0.39 is 0 Å². The molecule has 5 rings (SSSR count). The number of methoxy groups -OCH3 is 2. The van der Waals surface area contributed by atoms with Gasteiger partial charge in [0.2, 0.25) is 0 Å². The van der Waals surface area contributed by atoms with E-state index in [4.69, 9.17) is 18.9 Å². The third kappa shape index (κ3) is 8.27. The number of carbonyl (C=O) groups is 1. The molecule has 1 N–H and O–H groups in total. The molecule has 3 aromatic carbocycles. The maximum Gasteiger partial charge on any atom is 0.268 e. The monoisotopic (exact) mass is 628 g/mol. The van der Waals surface area contributed by atoms with Gasteiger partial charge in [0.25, 0.3) is 5.91 Å². The highest BCUT2D eigenvalue weighted by atomic mass is 16.7. The SMILES string of the molecule is COCOc1ccc(C(c2ccc(OCOC)cc2)c2c(C(=O)NCCN3CCCCC3)n(CCN(C)C)c3ccccc23)cc1. The van der Waals surface area contributed by atoms with Gasteiger partial charge >= 0.3 is 0 Å². The van der Waals surface area contributed by atoms with Crippen LogP contribution in [0.25, 0.3) is 10.9 Å². The molecular weight excluding hydrogens is 580 g/mol. The van der Waals surface area contributed by atoms with Crippen molar-refractivity contribution >= 4 is 16.8 Å². The first-order chi connectivity index (χ1) is 22.5. The quantitative estimate of drug-likeness (QED) is 0.163. The summed E-state index contributed by atoms with van der Waals surface area (Å²) in [7, 11) is 7.34. The minimum Gasteiger partial charge on any atom is -0.468 e. The summed E-state index contributed by atoms with van der Waals surface area (Å²) in [5.74, 6) is 1.15. The predicted molar refractivity (Wildman–Crippen MR) is 182 cm³/mol. The Hall–Kier alpha value is -3.89. The molecule has 1 saturated heterocycles. The fourth-order valence-electron chi connectivity index (χ4n) is 6.29. The third-order valence-electron chi connectivity index (χ3n) is 8.56. The molecule has 246 valence electrons. The van der Waals surface area contributed by atoms with Gasteiger partial charge in [-0.1, -0.05) is 48.9 Å². The van der Waals surface area contributed by atoms with E-state index in [2.05, 4.69) is 82.3 Å². The summed E-state index contributed by atoms with van der Waals surface area (Å²) in [6.45, 7) is 5.49. The number of likely N-dealkylation sites (tertiary alicyclic amines) is 1. The molecule has 1 fully saturated rings. The number of para-hydroxylation sites is 1. The topological polar surface area (TPSA) is 77.4 Å². The van der Waals surface area contributed by atoms with E-state index in [1.54, 1.807) is 14.2 Å². The van der Waals surface area contributed by atoms with Crippen LogP contribution < -0.4 is 14.8 Å². The van der Waals surface area contributed by atoms with Crippen molar-refractivity contribution in [3.8, 4) is 11.5 Å². The molecular formula is C37H48N4O5. The van der Waals surface area contributed by atoms with Crippen LogP contribution in [0.5, 0.6) is 11.5 Å². The number of hydrogen-bond acceptors (Lipinski definition) is 7. The molecule has 1 aliphatic rings. The second-order valence-corrected chi connectivity index (χ2v) is 12.1. The molecule has 2 heterocycles. The summed E-state index contributed by atoms with van der Waals surface area (Å²) in [5, 5.41) is 4.38. The van der Waals surface area contributed by atoms with Crippen LogP contribution in [0, 0.1) is 0 Å². The summed E-state index contributed by atoms with van der Waals surface area (Å²) in [5.41, 5.74) is 4.83. The summed E-state index contributed by atoms with van der Waals surface area (Å²) in [6.07, 6.45) is 3.74. The van der Waals surface area contributed by atoms with Crippen LogP contribution >= 0.6 is 0 Å². The Morgan fingerprint density at radius 3 is 1.96 bits per heavy atom. The molecule has 0 atom stereocenters. The van der Waals surface area contributed by atoms with E-state index in [0.717, 1.165) is 65.3 Å². The fraction of sp³-hybridized carbons (Fsp3) is 0.432. The van der Waals surface area contributed by atoms with Gasteiger partial charge in [-0.05, 0) is 81.5 Å². The third-order valence-corrected chi connectivity index (χ3v) is 8.56. The molecule has 9 heteroatoms.